The molecule has 0 aliphatic carbocycles. The molecule has 4 aromatic rings. The summed E-state index contributed by atoms with van der Waals surface area (Å²) in [7, 11) is 0. The van der Waals surface area contributed by atoms with E-state index in [2.05, 4.69) is 34.0 Å². The second kappa shape index (κ2) is 9.05. The predicted octanol–water partition coefficient (Wildman–Crippen LogP) is 5.44. The van der Waals surface area contributed by atoms with Crippen LogP contribution in [0.2, 0.25) is 0 Å². The molecule has 4 rings (SSSR count). The van der Waals surface area contributed by atoms with E-state index in [4.69, 9.17) is 4.52 Å². The van der Waals surface area contributed by atoms with Gasteiger partial charge in [-0.05, 0) is 37.5 Å². The number of rotatable bonds is 7. The Morgan fingerprint density at radius 1 is 1.21 bits per heavy atom. The molecule has 0 fully saturated rings. The van der Waals surface area contributed by atoms with E-state index in [-0.39, 0.29) is 28.6 Å². The van der Waals surface area contributed by atoms with Crippen LogP contribution in [-0.2, 0) is 18.5 Å². The van der Waals surface area contributed by atoms with Crippen molar-refractivity contribution in [1.29, 1.82) is 0 Å². The number of alkyl halides is 3. The quantitative estimate of drug-likeness (QED) is 0.282. The highest BCUT2D eigenvalue weighted by molar-refractivity contribution is 7.98. The number of nitrogens with one attached hydrogen (secondary N) is 1. The molecule has 1 N–H and O–H groups in total. The van der Waals surface area contributed by atoms with Gasteiger partial charge in [-0.3, -0.25) is 9.36 Å². The fourth-order valence-electron chi connectivity index (χ4n) is 3.30. The van der Waals surface area contributed by atoms with Gasteiger partial charge in [0.1, 0.15) is 5.52 Å². The summed E-state index contributed by atoms with van der Waals surface area (Å²) in [5.74, 6) is 0.914. The first-order chi connectivity index (χ1) is 15.6. The Morgan fingerprint density at radius 3 is 2.73 bits per heavy atom. The van der Waals surface area contributed by atoms with Gasteiger partial charge in [0.15, 0.2) is 5.16 Å². The van der Waals surface area contributed by atoms with Crippen LogP contribution in [0.15, 0.2) is 44.8 Å². The Hall–Kier alpha value is -3.08. The van der Waals surface area contributed by atoms with Crippen molar-refractivity contribution >= 4 is 22.8 Å². The van der Waals surface area contributed by atoms with Crippen LogP contribution in [0, 0.1) is 12.8 Å². The van der Waals surface area contributed by atoms with Crippen molar-refractivity contribution in [2.45, 2.75) is 50.8 Å². The first-order valence-corrected chi connectivity index (χ1v) is 11.3. The molecule has 0 spiro atoms. The average molecular weight is 478 g/mol. The van der Waals surface area contributed by atoms with E-state index >= 15 is 0 Å². The van der Waals surface area contributed by atoms with Gasteiger partial charge < -0.3 is 9.51 Å². The van der Waals surface area contributed by atoms with Crippen molar-refractivity contribution in [2.24, 2.45) is 5.92 Å². The summed E-state index contributed by atoms with van der Waals surface area (Å²) >= 11 is 1.27. The zero-order valence-electron chi connectivity index (χ0n) is 18.2. The Balaban J connectivity index is 1.58. The molecule has 0 aliphatic rings. The topological polar surface area (TPSA) is 89.6 Å². The van der Waals surface area contributed by atoms with E-state index in [0.717, 1.165) is 24.2 Å². The summed E-state index contributed by atoms with van der Waals surface area (Å²) in [5.41, 5.74) is 1.16. The molecule has 0 saturated carbocycles. The first-order valence-electron chi connectivity index (χ1n) is 10.3. The standard InChI is InChI=1S/C22H22F3N5O2S/c1-12(2)7-8-30-20(31)18-16(9-13(3)26-18)27-21(30)33-11-17-28-19(29-32-17)14-5-4-6-15(10-14)22(23,24)25/h4-6,9-10,12,26H,7-8,11H2,1-3H3. The van der Waals surface area contributed by atoms with Gasteiger partial charge in [-0.2, -0.15) is 18.2 Å². The lowest BCUT2D eigenvalue weighted by Gasteiger charge is -2.12. The van der Waals surface area contributed by atoms with Gasteiger partial charge in [0.25, 0.3) is 5.56 Å². The third-order valence-corrected chi connectivity index (χ3v) is 5.97. The Morgan fingerprint density at radius 2 is 2.00 bits per heavy atom. The summed E-state index contributed by atoms with van der Waals surface area (Å²) in [6, 6.07) is 6.57. The van der Waals surface area contributed by atoms with Crippen LogP contribution in [-0.4, -0.2) is 24.7 Å². The van der Waals surface area contributed by atoms with Gasteiger partial charge in [-0.1, -0.05) is 42.9 Å². The summed E-state index contributed by atoms with van der Waals surface area (Å²) in [4.78, 5) is 24.9. The normalized spacial score (nSPS) is 12.2. The predicted molar refractivity (Wildman–Crippen MR) is 119 cm³/mol. The number of halogens is 3. The van der Waals surface area contributed by atoms with Crippen LogP contribution in [0.1, 0.15) is 37.4 Å². The van der Waals surface area contributed by atoms with Crippen molar-refractivity contribution in [3.8, 4) is 11.4 Å². The number of thioether (sulfide) groups is 1. The van der Waals surface area contributed by atoms with Gasteiger partial charge in [0, 0.05) is 17.8 Å². The number of benzene rings is 1. The number of aromatic amines is 1. The van der Waals surface area contributed by atoms with Crippen LogP contribution in [0.3, 0.4) is 0 Å². The minimum absolute atomic E-state index is 0.0681. The lowest BCUT2D eigenvalue weighted by molar-refractivity contribution is -0.137. The molecule has 33 heavy (non-hydrogen) atoms. The molecule has 0 unspecified atom stereocenters. The molecular weight excluding hydrogens is 455 g/mol. The highest BCUT2D eigenvalue weighted by Gasteiger charge is 2.30. The molecule has 3 aromatic heterocycles. The Bertz CT molecular complexity index is 1340. The Labute approximate surface area is 191 Å². The molecule has 0 atom stereocenters. The maximum Gasteiger partial charge on any atom is 0.416 e. The molecule has 0 amide bonds. The zero-order valence-corrected chi connectivity index (χ0v) is 19.0. The fourth-order valence-corrected chi connectivity index (χ4v) is 4.16. The lowest BCUT2D eigenvalue weighted by Crippen LogP contribution is -2.24. The Kier molecular flexibility index (Phi) is 6.33. The second-order valence-corrected chi connectivity index (χ2v) is 9.07. The maximum absolute atomic E-state index is 13.0. The second-order valence-electron chi connectivity index (χ2n) is 8.13. The number of hydrogen-bond donors (Lipinski definition) is 1. The van der Waals surface area contributed by atoms with E-state index in [9.17, 15) is 18.0 Å². The van der Waals surface area contributed by atoms with E-state index in [0.29, 0.717) is 28.7 Å². The smallest absolute Gasteiger partial charge is 0.353 e. The van der Waals surface area contributed by atoms with Crippen LogP contribution < -0.4 is 5.56 Å². The van der Waals surface area contributed by atoms with E-state index in [1.54, 1.807) is 4.57 Å². The van der Waals surface area contributed by atoms with E-state index in [1.807, 2.05) is 13.0 Å². The van der Waals surface area contributed by atoms with Gasteiger partial charge in [-0.15, -0.1) is 0 Å². The lowest BCUT2D eigenvalue weighted by atomic mass is 10.1. The number of fused-ring (bicyclic) bond motifs is 1. The fraction of sp³-hybridized carbons (Fsp3) is 0.364. The summed E-state index contributed by atoms with van der Waals surface area (Å²) in [5, 5.41) is 4.33. The van der Waals surface area contributed by atoms with Gasteiger partial charge in [0.05, 0.1) is 16.8 Å². The van der Waals surface area contributed by atoms with Gasteiger partial charge in [-0.25, -0.2) is 4.98 Å². The van der Waals surface area contributed by atoms with Crippen LogP contribution in [0.25, 0.3) is 22.4 Å². The number of aryl methyl sites for hydroxylation is 1. The molecule has 174 valence electrons. The third kappa shape index (κ3) is 5.13. The number of hydrogen-bond acceptors (Lipinski definition) is 6. The molecule has 0 bridgehead atoms. The summed E-state index contributed by atoms with van der Waals surface area (Å²) < 4.78 is 45.8. The minimum atomic E-state index is -4.46. The molecule has 0 saturated heterocycles. The summed E-state index contributed by atoms with van der Waals surface area (Å²) in [6.45, 7) is 6.53. The molecular formula is C22H22F3N5O2S. The van der Waals surface area contributed by atoms with Crippen molar-refractivity contribution in [2.75, 3.05) is 0 Å². The average Bonchev–Trinajstić information content (AvgIpc) is 3.37. The molecule has 0 aliphatic heterocycles. The number of nitrogens with zero attached hydrogens (tertiary/aromatic N) is 4. The van der Waals surface area contributed by atoms with Gasteiger partial charge >= 0.3 is 6.18 Å². The zero-order chi connectivity index (χ0) is 23.8. The number of H-pyrrole nitrogens is 1. The molecule has 0 radical (unpaired) electrons. The largest absolute Gasteiger partial charge is 0.416 e. The van der Waals surface area contributed by atoms with E-state index in [1.165, 1.54) is 23.9 Å². The van der Waals surface area contributed by atoms with Crippen molar-refractivity contribution < 1.29 is 17.7 Å². The van der Waals surface area contributed by atoms with Crippen LogP contribution >= 0.6 is 11.8 Å². The summed E-state index contributed by atoms with van der Waals surface area (Å²) in [6.07, 6.45) is -3.65. The minimum Gasteiger partial charge on any atom is -0.353 e. The highest BCUT2D eigenvalue weighted by Crippen LogP contribution is 2.32. The first kappa shape index (κ1) is 23.1. The van der Waals surface area contributed by atoms with Crippen molar-refractivity contribution in [3.05, 3.63) is 57.8 Å². The van der Waals surface area contributed by atoms with Crippen LogP contribution in [0.5, 0.6) is 0 Å². The number of aromatic nitrogens is 5. The molecule has 3 heterocycles. The third-order valence-electron chi connectivity index (χ3n) is 5.01. The molecule has 1 aromatic carbocycles. The van der Waals surface area contributed by atoms with Crippen molar-refractivity contribution in [3.63, 3.8) is 0 Å². The van der Waals surface area contributed by atoms with Gasteiger partial charge in [0.2, 0.25) is 11.7 Å². The van der Waals surface area contributed by atoms with Crippen molar-refractivity contribution in [1.82, 2.24) is 24.7 Å². The van der Waals surface area contributed by atoms with E-state index < -0.39 is 11.7 Å². The highest BCUT2D eigenvalue weighted by atomic mass is 32.2. The van der Waals surface area contributed by atoms with Crippen LogP contribution in [0.4, 0.5) is 13.2 Å². The SMILES string of the molecule is Cc1cc2nc(SCc3nc(-c4cccc(C(F)(F)F)c4)no3)n(CCC(C)C)c(=O)c2[nH]1. The maximum atomic E-state index is 13.0. The molecule has 7 nitrogen and oxygen atoms in total. The molecule has 11 heteroatoms. The monoisotopic (exact) mass is 477 g/mol.